The first-order chi connectivity index (χ1) is 9.93. The summed E-state index contributed by atoms with van der Waals surface area (Å²) in [6, 6.07) is 5.67. The molecule has 2 N–H and O–H groups in total. The van der Waals surface area contributed by atoms with Crippen LogP contribution in [0.4, 0.5) is 0 Å². The van der Waals surface area contributed by atoms with E-state index in [1.807, 2.05) is 0 Å². The molecule has 1 aromatic rings. The van der Waals surface area contributed by atoms with Crippen molar-refractivity contribution in [2.75, 3.05) is 7.11 Å². The monoisotopic (exact) mass is 313 g/mol. The van der Waals surface area contributed by atoms with Crippen molar-refractivity contribution in [3.63, 3.8) is 0 Å². The molecule has 0 aliphatic rings. The molecule has 0 fully saturated rings. The summed E-state index contributed by atoms with van der Waals surface area (Å²) in [7, 11) is 1.22. The standard InChI is InChI=1S/C14H16ClNO5/c1-21-13(18)7-6-11(14(19)20)16-12(17)8-9-4-2-3-5-10(9)15/h2-5,11H,6-8H2,1H3,(H,16,17)(H,19,20)/t11-/m0/s1. The second-order valence-corrected chi connectivity index (χ2v) is 4.75. The number of carboxylic acid groups (broad SMARTS) is 1. The highest BCUT2D eigenvalue weighted by atomic mass is 35.5. The predicted molar refractivity (Wildman–Crippen MR) is 76.0 cm³/mol. The lowest BCUT2D eigenvalue weighted by Gasteiger charge is -2.14. The summed E-state index contributed by atoms with van der Waals surface area (Å²) in [5.41, 5.74) is 0.605. The fourth-order valence-electron chi connectivity index (χ4n) is 1.68. The van der Waals surface area contributed by atoms with Gasteiger partial charge in [-0.15, -0.1) is 0 Å². The summed E-state index contributed by atoms with van der Waals surface area (Å²) >= 11 is 5.93. The molecule has 0 saturated carbocycles. The minimum Gasteiger partial charge on any atom is -0.480 e. The Hall–Kier alpha value is -2.08. The average molecular weight is 314 g/mol. The number of nitrogens with one attached hydrogen (secondary N) is 1. The van der Waals surface area contributed by atoms with Gasteiger partial charge in [-0.3, -0.25) is 9.59 Å². The quantitative estimate of drug-likeness (QED) is 0.742. The Labute approximate surface area is 127 Å². The minimum atomic E-state index is -1.20. The first-order valence-electron chi connectivity index (χ1n) is 6.26. The highest BCUT2D eigenvalue weighted by molar-refractivity contribution is 6.31. The number of ether oxygens (including phenoxy) is 1. The molecule has 21 heavy (non-hydrogen) atoms. The molecule has 0 bridgehead atoms. The van der Waals surface area contributed by atoms with Crippen LogP contribution in [0.15, 0.2) is 24.3 Å². The third-order valence-electron chi connectivity index (χ3n) is 2.81. The molecule has 1 amide bonds. The number of halogens is 1. The van der Waals surface area contributed by atoms with Gasteiger partial charge in [-0.2, -0.15) is 0 Å². The van der Waals surface area contributed by atoms with E-state index in [4.69, 9.17) is 16.7 Å². The third-order valence-corrected chi connectivity index (χ3v) is 3.18. The lowest BCUT2D eigenvalue weighted by atomic mass is 10.1. The maximum absolute atomic E-state index is 11.8. The van der Waals surface area contributed by atoms with Crippen molar-refractivity contribution in [1.29, 1.82) is 0 Å². The second-order valence-electron chi connectivity index (χ2n) is 4.34. The van der Waals surface area contributed by atoms with Gasteiger partial charge in [0.2, 0.25) is 5.91 Å². The summed E-state index contributed by atoms with van der Waals surface area (Å²) in [6.45, 7) is 0. The fraction of sp³-hybridized carbons (Fsp3) is 0.357. The molecular formula is C14H16ClNO5. The van der Waals surface area contributed by atoms with Crippen LogP contribution >= 0.6 is 11.6 Å². The van der Waals surface area contributed by atoms with Crippen molar-refractivity contribution >= 4 is 29.4 Å². The molecule has 0 heterocycles. The average Bonchev–Trinajstić information content (AvgIpc) is 2.45. The smallest absolute Gasteiger partial charge is 0.326 e. The van der Waals surface area contributed by atoms with Crippen molar-refractivity contribution < 1.29 is 24.2 Å². The van der Waals surface area contributed by atoms with Gasteiger partial charge < -0.3 is 15.2 Å². The van der Waals surface area contributed by atoms with Crippen LogP contribution in [0, 0.1) is 0 Å². The second kappa shape index (κ2) is 8.26. The molecular weight excluding hydrogens is 298 g/mol. The van der Waals surface area contributed by atoms with Gasteiger partial charge in [0.05, 0.1) is 13.5 Å². The Kier molecular flexibility index (Phi) is 6.68. The molecule has 0 unspecified atom stereocenters. The van der Waals surface area contributed by atoms with Gasteiger partial charge >= 0.3 is 11.9 Å². The number of rotatable bonds is 7. The molecule has 114 valence electrons. The van der Waals surface area contributed by atoms with Gasteiger partial charge in [-0.25, -0.2) is 4.79 Å². The van der Waals surface area contributed by atoms with E-state index in [9.17, 15) is 14.4 Å². The van der Waals surface area contributed by atoms with E-state index >= 15 is 0 Å². The molecule has 0 aliphatic carbocycles. The fourth-order valence-corrected chi connectivity index (χ4v) is 1.88. The first-order valence-corrected chi connectivity index (χ1v) is 6.64. The molecule has 1 rings (SSSR count). The van der Waals surface area contributed by atoms with Crippen molar-refractivity contribution in [2.45, 2.75) is 25.3 Å². The predicted octanol–water partition coefficient (Wildman–Crippen LogP) is 1.41. The Bertz CT molecular complexity index is 532. The number of benzene rings is 1. The van der Waals surface area contributed by atoms with Gasteiger partial charge in [-0.05, 0) is 18.1 Å². The third kappa shape index (κ3) is 5.83. The van der Waals surface area contributed by atoms with Crippen molar-refractivity contribution in [1.82, 2.24) is 5.32 Å². The SMILES string of the molecule is COC(=O)CC[C@H](NC(=O)Cc1ccccc1Cl)C(=O)O. The molecule has 0 spiro atoms. The number of hydrogen-bond acceptors (Lipinski definition) is 4. The number of amides is 1. The van der Waals surface area contributed by atoms with Gasteiger partial charge in [0.25, 0.3) is 0 Å². The van der Waals surface area contributed by atoms with E-state index in [0.717, 1.165) is 0 Å². The summed E-state index contributed by atoms with van der Waals surface area (Å²) in [5.74, 6) is -2.20. The van der Waals surface area contributed by atoms with Gasteiger partial charge in [-0.1, -0.05) is 29.8 Å². The zero-order chi connectivity index (χ0) is 15.8. The molecule has 0 saturated heterocycles. The zero-order valence-electron chi connectivity index (χ0n) is 11.5. The molecule has 1 atom stereocenters. The number of carboxylic acids is 1. The Morgan fingerprint density at radius 2 is 2.00 bits per heavy atom. The Morgan fingerprint density at radius 3 is 2.57 bits per heavy atom. The van der Waals surface area contributed by atoms with E-state index in [1.165, 1.54) is 7.11 Å². The summed E-state index contributed by atoms with van der Waals surface area (Å²) in [5, 5.41) is 11.8. The van der Waals surface area contributed by atoms with Gasteiger partial charge in [0, 0.05) is 11.4 Å². The zero-order valence-corrected chi connectivity index (χ0v) is 12.2. The molecule has 0 radical (unpaired) electrons. The first kappa shape index (κ1) is 17.0. The van der Waals surface area contributed by atoms with Crippen LogP contribution in [-0.4, -0.2) is 36.1 Å². The number of aliphatic carboxylic acids is 1. The van der Waals surface area contributed by atoms with E-state index in [-0.39, 0.29) is 19.3 Å². The van der Waals surface area contributed by atoms with E-state index in [1.54, 1.807) is 24.3 Å². The van der Waals surface area contributed by atoms with Crippen LogP contribution in [0.5, 0.6) is 0 Å². The Morgan fingerprint density at radius 1 is 1.33 bits per heavy atom. The number of carbonyl (C=O) groups excluding carboxylic acids is 2. The van der Waals surface area contributed by atoms with Crippen LogP contribution in [0.1, 0.15) is 18.4 Å². The lowest BCUT2D eigenvalue weighted by Crippen LogP contribution is -2.41. The topological polar surface area (TPSA) is 92.7 Å². The van der Waals surface area contributed by atoms with Crippen LogP contribution in [0.3, 0.4) is 0 Å². The number of carbonyl (C=O) groups is 3. The van der Waals surface area contributed by atoms with Crippen LogP contribution in [0.2, 0.25) is 5.02 Å². The normalized spacial score (nSPS) is 11.5. The highest BCUT2D eigenvalue weighted by Gasteiger charge is 2.21. The molecule has 0 aliphatic heterocycles. The van der Waals surface area contributed by atoms with Crippen LogP contribution < -0.4 is 5.32 Å². The summed E-state index contributed by atoms with van der Waals surface area (Å²) < 4.78 is 4.43. The Balaban J connectivity index is 2.58. The molecule has 7 heteroatoms. The van der Waals surface area contributed by atoms with Gasteiger partial charge in [0.1, 0.15) is 6.04 Å². The van der Waals surface area contributed by atoms with E-state index in [0.29, 0.717) is 10.6 Å². The van der Waals surface area contributed by atoms with Crippen molar-refractivity contribution in [3.8, 4) is 0 Å². The molecule has 1 aromatic carbocycles. The lowest BCUT2D eigenvalue weighted by molar-refractivity contribution is -0.144. The molecule has 6 nitrogen and oxygen atoms in total. The largest absolute Gasteiger partial charge is 0.480 e. The van der Waals surface area contributed by atoms with Crippen molar-refractivity contribution in [2.24, 2.45) is 0 Å². The number of esters is 1. The summed E-state index contributed by atoms with van der Waals surface area (Å²) in [6.07, 6.45) is -0.141. The maximum Gasteiger partial charge on any atom is 0.326 e. The van der Waals surface area contributed by atoms with E-state index in [2.05, 4.69) is 10.1 Å². The van der Waals surface area contributed by atoms with Crippen LogP contribution in [-0.2, 0) is 25.5 Å². The van der Waals surface area contributed by atoms with Crippen LogP contribution in [0.25, 0.3) is 0 Å². The highest BCUT2D eigenvalue weighted by Crippen LogP contribution is 2.15. The summed E-state index contributed by atoms with van der Waals surface area (Å²) in [4.78, 5) is 33.9. The number of methoxy groups -OCH3 is 1. The van der Waals surface area contributed by atoms with E-state index < -0.39 is 23.9 Å². The minimum absolute atomic E-state index is 0.0261. The maximum atomic E-state index is 11.8. The van der Waals surface area contributed by atoms with Crippen molar-refractivity contribution in [3.05, 3.63) is 34.9 Å². The van der Waals surface area contributed by atoms with Gasteiger partial charge in [0.15, 0.2) is 0 Å². The molecule has 0 aromatic heterocycles. The number of hydrogen-bond donors (Lipinski definition) is 2.